The summed E-state index contributed by atoms with van der Waals surface area (Å²) >= 11 is 0. The van der Waals surface area contributed by atoms with Crippen molar-refractivity contribution in [3.63, 3.8) is 0 Å². The average Bonchev–Trinajstić information content (AvgIpc) is 2.60. The third-order valence-corrected chi connectivity index (χ3v) is 2.36. The van der Waals surface area contributed by atoms with Gasteiger partial charge in [-0.3, -0.25) is 4.79 Å². The van der Waals surface area contributed by atoms with Gasteiger partial charge >= 0.3 is 0 Å². The maximum Gasteiger partial charge on any atom is 0.260 e. The van der Waals surface area contributed by atoms with Crippen LogP contribution in [0.4, 0.5) is 4.39 Å². The summed E-state index contributed by atoms with van der Waals surface area (Å²) in [5.41, 5.74) is -1.64. The highest BCUT2D eigenvalue weighted by Gasteiger charge is 2.59. The van der Waals surface area contributed by atoms with Crippen LogP contribution < -0.4 is 0 Å². The molecule has 0 radical (unpaired) electrons. The lowest BCUT2D eigenvalue weighted by Gasteiger charge is -2.18. The lowest BCUT2D eigenvalue weighted by Crippen LogP contribution is -2.38. The highest BCUT2D eigenvalue weighted by atomic mass is 19.1. The molecule has 1 saturated carbocycles. The van der Waals surface area contributed by atoms with E-state index in [0.29, 0.717) is 6.42 Å². The second kappa shape index (κ2) is 3.01. The minimum absolute atomic E-state index is 0.118. The lowest BCUT2D eigenvalue weighted by molar-refractivity contribution is -0.137. The predicted octanol–water partition coefficient (Wildman–Crippen LogP) is 0.185. The Labute approximate surface area is 71.2 Å². The molecule has 0 bridgehead atoms. The van der Waals surface area contributed by atoms with E-state index in [9.17, 15) is 9.18 Å². The third-order valence-electron chi connectivity index (χ3n) is 2.36. The Morgan fingerprint density at radius 3 is 2.67 bits per heavy atom. The zero-order valence-corrected chi connectivity index (χ0v) is 7.38. The molecule has 0 saturated heterocycles. The van der Waals surface area contributed by atoms with E-state index in [1.807, 2.05) is 0 Å². The molecule has 0 aromatic rings. The van der Waals surface area contributed by atoms with Gasteiger partial charge in [0.05, 0.1) is 6.61 Å². The monoisotopic (exact) mass is 175 g/mol. The molecular weight excluding hydrogens is 161 g/mol. The number of amides is 1. The normalized spacial score (nSPS) is 33.2. The molecule has 1 N–H and O–H groups in total. The largest absolute Gasteiger partial charge is 0.395 e. The van der Waals surface area contributed by atoms with E-state index in [4.69, 9.17) is 5.11 Å². The number of nitrogens with zero attached hydrogens (tertiary/aromatic N) is 1. The molecule has 4 heteroatoms. The highest BCUT2D eigenvalue weighted by molar-refractivity contribution is 5.88. The Bertz CT molecular complexity index is 197. The standard InChI is InChI=1S/C8H14FNO2/c1-6-5-8(6,9)7(12)10(2)3-4-11/h6,11H,3-5H2,1-2H3. The van der Waals surface area contributed by atoms with Crippen molar-refractivity contribution < 1.29 is 14.3 Å². The second-order valence-electron chi connectivity index (χ2n) is 3.42. The van der Waals surface area contributed by atoms with Gasteiger partial charge in [-0.2, -0.15) is 0 Å². The van der Waals surface area contributed by atoms with Crippen molar-refractivity contribution in [1.82, 2.24) is 4.90 Å². The number of halogens is 1. The van der Waals surface area contributed by atoms with Crippen molar-refractivity contribution in [1.29, 1.82) is 0 Å². The fourth-order valence-corrected chi connectivity index (χ4v) is 1.25. The molecule has 1 fully saturated rings. The fraction of sp³-hybridized carbons (Fsp3) is 0.875. The van der Waals surface area contributed by atoms with Crippen LogP contribution in [-0.4, -0.2) is 41.8 Å². The summed E-state index contributed by atoms with van der Waals surface area (Å²) < 4.78 is 13.4. The Balaban J connectivity index is 2.48. The summed E-state index contributed by atoms with van der Waals surface area (Å²) in [5.74, 6) is -0.657. The molecular formula is C8H14FNO2. The highest BCUT2D eigenvalue weighted by Crippen LogP contribution is 2.47. The Hall–Kier alpha value is -0.640. The van der Waals surface area contributed by atoms with Crippen LogP contribution in [0.25, 0.3) is 0 Å². The summed E-state index contributed by atoms with van der Waals surface area (Å²) in [6.45, 7) is 1.80. The molecule has 1 aliphatic rings. The van der Waals surface area contributed by atoms with Crippen LogP contribution in [-0.2, 0) is 4.79 Å². The SMILES string of the molecule is CC1CC1(F)C(=O)N(C)CCO. The van der Waals surface area contributed by atoms with Crippen LogP contribution >= 0.6 is 0 Å². The van der Waals surface area contributed by atoms with Gasteiger partial charge in [-0.1, -0.05) is 6.92 Å². The van der Waals surface area contributed by atoms with Crippen LogP contribution in [0.5, 0.6) is 0 Å². The maximum absolute atomic E-state index is 13.4. The minimum Gasteiger partial charge on any atom is -0.395 e. The van der Waals surface area contributed by atoms with E-state index < -0.39 is 11.6 Å². The molecule has 2 unspecified atom stereocenters. The van der Waals surface area contributed by atoms with E-state index in [1.54, 1.807) is 6.92 Å². The van der Waals surface area contributed by atoms with Gasteiger partial charge in [0.2, 0.25) is 0 Å². The van der Waals surface area contributed by atoms with Crippen molar-refractivity contribution in [3.8, 4) is 0 Å². The molecule has 12 heavy (non-hydrogen) atoms. The Morgan fingerprint density at radius 1 is 1.83 bits per heavy atom. The topological polar surface area (TPSA) is 40.5 Å². The van der Waals surface area contributed by atoms with Crippen molar-refractivity contribution in [2.75, 3.05) is 20.2 Å². The molecule has 2 atom stereocenters. The predicted molar refractivity (Wildman–Crippen MR) is 42.3 cm³/mol. The number of likely N-dealkylation sites (N-methyl/N-ethyl adjacent to an activating group) is 1. The smallest absolute Gasteiger partial charge is 0.260 e. The van der Waals surface area contributed by atoms with E-state index in [2.05, 4.69) is 0 Å². The number of alkyl halides is 1. The first kappa shape index (κ1) is 9.45. The molecule has 0 aromatic heterocycles. The first-order chi connectivity index (χ1) is 5.52. The number of rotatable bonds is 3. The Morgan fingerprint density at radius 2 is 2.33 bits per heavy atom. The van der Waals surface area contributed by atoms with Crippen molar-refractivity contribution in [2.45, 2.75) is 19.0 Å². The quantitative estimate of drug-likeness (QED) is 0.665. The summed E-state index contributed by atoms with van der Waals surface area (Å²) in [6.07, 6.45) is 0.321. The van der Waals surface area contributed by atoms with Gasteiger partial charge in [-0.15, -0.1) is 0 Å². The van der Waals surface area contributed by atoms with Gasteiger partial charge in [-0.25, -0.2) is 4.39 Å². The minimum atomic E-state index is -1.64. The molecule has 0 spiro atoms. The number of carbonyl (C=O) groups is 1. The number of aliphatic hydroxyl groups excluding tert-OH is 1. The van der Waals surface area contributed by atoms with Crippen LogP contribution in [0, 0.1) is 5.92 Å². The molecule has 70 valence electrons. The molecule has 1 amide bonds. The molecule has 3 nitrogen and oxygen atoms in total. The zero-order chi connectivity index (χ0) is 9.35. The number of hydrogen-bond donors (Lipinski definition) is 1. The van der Waals surface area contributed by atoms with Gasteiger partial charge in [0, 0.05) is 19.5 Å². The summed E-state index contributed by atoms with van der Waals surface area (Å²) in [5, 5.41) is 8.52. The van der Waals surface area contributed by atoms with Gasteiger partial charge < -0.3 is 10.0 Å². The van der Waals surface area contributed by atoms with E-state index in [1.165, 1.54) is 11.9 Å². The van der Waals surface area contributed by atoms with Crippen LogP contribution in [0.1, 0.15) is 13.3 Å². The van der Waals surface area contributed by atoms with Crippen LogP contribution in [0.15, 0.2) is 0 Å². The van der Waals surface area contributed by atoms with E-state index in [-0.39, 0.29) is 19.1 Å². The maximum atomic E-state index is 13.4. The number of hydrogen-bond acceptors (Lipinski definition) is 2. The first-order valence-corrected chi connectivity index (χ1v) is 4.07. The van der Waals surface area contributed by atoms with Gasteiger partial charge in [0.1, 0.15) is 0 Å². The third kappa shape index (κ3) is 1.43. The van der Waals surface area contributed by atoms with Gasteiger partial charge in [-0.05, 0) is 6.42 Å². The Kier molecular flexibility index (Phi) is 2.37. The van der Waals surface area contributed by atoms with Gasteiger partial charge in [0.25, 0.3) is 5.91 Å². The molecule has 0 aliphatic heterocycles. The van der Waals surface area contributed by atoms with Gasteiger partial charge in [0.15, 0.2) is 5.67 Å². The lowest BCUT2D eigenvalue weighted by atomic mass is 10.2. The fourth-order valence-electron chi connectivity index (χ4n) is 1.25. The zero-order valence-electron chi connectivity index (χ0n) is 7.38. The van der Waals surface area contributed by atoms with E-state index in [0.717, 1.165) is 0 Å². The summed E-state index contributed by atoms with van der Waals surface area (Å²) in [4.78, 5) is 12.5. The number of aliphatic hydroxyl groups is 1. The van der Waals surface area contributed by atoms with Crippen molar-refractivity contribution in [3.05, 3.63) is 0 Å². The summed E-state index contributed by atoms with van der Waals surface area (Å²) in [7, 11) is 1.50. The molecule has 0 heterocycles. The van der Waals surface area contributed by atoms with Crippen LogP contribution in [0.2, 0.25) is 0 Å². The molecule has 0 aromatic carbocycles. The molecule has 1 rings (SSSR count). The second-order valence-corrected chi connectivity index (χ2v) is 3.42. The van der Waals surface area contributed by atoms with E-state index >= 15 is 0 Å². The number of carbonyl (C=O) groups excluding carboxylic acids is 1. The average molecular weight is 175 g/mol. The first-order valence-electron chi connectivity index (χ1n) is 4.07. The summed E-state index contributed by atoms with van der Waals surface area (Å²) in [6, 6.07) is 0. The van der Waals surface area contributed by atoms with Crippen LogP contribution in [0.3, 0.4) is 0 Å². The molecule has 1 aliphatic carbocycles. The van der Waals surface area contributed by atoms with Crippen molar-refractivity contribution >= 4 is 5.91 Å². The van der Waals surface area contributed by atoms with Crippen molar-refractivity contribution in [2.24, 2.45) is 5.92 Å².